The SMILES string of the molecule is O=S(O)c1ccc2c(c1)CCCCN2. The summed E-state index contributed by atoms with van der Waals surface area (Å²) in [5, 5.41) is 3.31. The van der Waals surface area contributed by atoms with Gasteiger partial charge in [0.25, 0.3) is 0 Å². The maximum atomic E-state index is 10.9. The molecular formula is C10H13NO2S. The van der Waals surface area contributed by atoms with Crippen molar-refractivity contribution in [2.45, 2.75) is 24.2 Å². The largest absolute Gasteiger partial charge is 0.385 e. The lowest BCUT2D eigenvalue weighted by Gasteiger charge is -2.07. The molecule has 2 N–H and O–H groups in total. The summed E-state index contributed by atoms with van der Waals surface area (Å²) < 4.78 is 19.8. The van der Waals surface area contributed by atoms with Crippen LogP contribution in [0.4, 0.5) is 5.69 Å². The topological polar surface area (TPSA) is 49.3 Å². The van der Waals surface area contributed by atoms with Crippen molar-refractivity contribution >= 4 is 16.8 Å². The first-order valence-electron chi connectivity index (χ1n) is 4.75. The molecule has 1 aliphatic heterocycles. The highest BCUT2D eigenvalue weighted by Crippen LogP contribution is 2.23. The molecule has 1 heterocycles. The van der Waals surface area contributed by atoms with Gasteiger partial charge in [0.15, 0.2) is 11.1 Å². The van der Waals surface area contributed by atoms with Crippen molar-refractivity contribution in [2.75, 3.05) is 11.9 Å². The van der Waals surface area contributed by atoms with Crippen LogP contribution in [-0.2, 0) is 17.5 Å². The minimum Gasteiger partial charge on any atom is -0.385 e. The predicted molar refractivity (Wildman–Crippen MR) is 56.9 cm³/mol. The molecule has 1 unspecified atom stereocenters. The summed E-state index contributed by atoms with van der Waals surface area (Å²) in [6.07, 6.45) is 3.29. The molecular weight excluding hydrogens is 198 g/mol. The second-order valence-electron chi connectivity index (χ2n) is 3.45. The maximum absolute atomic E-state index is 10.9. The third kappa shape index (κ3) is 1.96. The summed E-state index contributed by atoms with van der Waals surface area (Å²) in [5.41, 5.74) is 2.26. The molecule has 0 aromatic heterocycles. The van der Waals surface area contributed by atoms with Crippen LogP contribution in [0.3, 0.4) is 0 Å². The lowest BCUT2D eigenvalue weighted by Crippen LogP contribution is -2.00. The molecule has 0 radical (unpaired) electrons. The summed E-state index contributed by atoms with van der Waals surface area (Å²) >= 11 is -1.86. The van der Waals surface area contributed by atoms with Gasteiger partial charge in [-0.2, -0.15) is 0 Å². The molecule has 4 heteroatoms. The minimum atomic E-state index is -1.86. The molecule has 3 nitrogen and oxygen atoms in total. The van der Waals surface area contributed by atoms with Gasteiger partial charge in [0, 0.05) is 12.2 Å². The molecule has 0 aliphatic carbocycles. The van der Waals surface area contributed by atoms with Crippen molar-refractivity contribution in [3.05, 3.63) is 23.8 Å². The van der Waals surface area contributed by atoms with Gasteiger partial charge >= 0.3 is 0 Å². The van der Waals surface area contributed by atoms with Gasteiger partial charge in [0.2, 0.25) is 0 Å². The van der Waals surface area contributed by atoms with Crippen molar-refractivity contribution in [1.29, 1.82) is 0 Å². The Morgan fingerprint density at radius 1 is 1.36 bits per heavy atom. The number of hydrogen-bond donors (Lipinski definition) is 2. The maximum Gasteiger partial charge on any atom is 0.186 e. The van der Waals surface area contributed by atoms with Crippen molar-refractivity contribution in [3.8, 4) is 0 Å². The molecule has 1 atom stereocenters. The Labute approximate surface area is 85.8 Å². The third-order valence-electron chi connectivity index (χ3n) is 2.47. The van der Waals surface area contributed by atoms with Crippen LogP contribution in [0.2, 0.25) is 0 Å². The van der Waals surface area contributed by atoms with Gasteiger partial charge < -0.3 is 9.87 Å². The second-order valence-corrected chi connectivity index (χ2v) is 4.42. The van der Waals surface area contributed by atoms with Crippen LogP contribution in [0, 0.1) is 0 Å². The summed E-state index contributed by atoms with van der Waals surface area (Å²) in [7, 11) is 0. The molecule has 0 saturated heterocycles. The van der Waals surface area contributed by atoms with Crippen LogP contribution in [-0.4, -0.2) is 15.3 Å². The Hall–Kier alpha value is -0.870. The predicted octanol–water partition coefficient (Wildman–Crippen LogP) is 2.02. The summed E-state index contributed by atoms with van der Waals surface area (Å²) in [6.45, 7) is 0.995. The summed E-state index contributed by atoms with van der Waals surface area (Å²) in [5.74, 6) is 0. The molecule has 76 valence electrons. The van der Waals surface area contributed by atoms with E-state index in [2.05, 4.69) is 5.32 Å². The monoisotopic (exact) mass is 211 g/mol. The van der Waals surface area contributed by atoms with Gasteiger partial charge in [0.1, 0.15) is 0 Å². The molecule has 0 bridgehead atoms. The van der Waals surface area contributed by atoms with Crippen molar-refractivity contribution < 1.29 is 8.76 Å². The first-order valence-corrected chi connectivity index (χ1v) is 5.86. The number of aryl methyl sites for hydroxylation is 1. The van der Waals surface area contributed by atoms with Crippen molar-refractivity contribution in [2.24, 2.45) is 0 Å². The van der Waals surface area contributed by atoms with Crippen LogP contribution in [0.15, 0.2) is 23.1 Å². The zero-order valence-corrected chi connectivity index (χ0v) is 8.64. The zero-order valence-electron chi connectivity index (χ0n) is 7.82. The second kappa shape index (κ2) is 4.11. The molecule has 0 spiro atoms. The number of anilines is 1. The number of benzene rings is 1. The fraction of sp³-hybridized carbons (Fsp3) is 0.400. The van der Waals surface area contributed by atoms with Gasteiger partial charge in [-0.15, -0.1) is 0 Å². The summed E-state index contributed by atoms with van der Waals surface area (Å²) in [4.78, 5) is 0.493. The molecule has 0 saturated carbocycles. The lowest BCUT2D eigenvalue weighted by molar-refractivity contribution is 0.564. The van der Waals surface area contributed by atoms with Gasteiger partial charge in [-0.1, -0.05) is 0 Å². The van der Waals surface area contributed by atoms with Crippen molar-refractivity contribution in [1.82, 2.24) is 0 Å². The Balaban J connectivity index is 2.37. The normalized spacial score (nSPS) is 17.8. The molecule has 1 aromatic carbocycles. The molecule has 0 fully saturated rings. The van der Waals surface area contributed by atoms with E-state index in [4.69, 9.17) is 4.55 Å². The highest BCUT2D eigenvalue weighted by Gasteiger charge is 2.09. The molecule has 14 heavy (non-hydrogen) atoms. The van der Waals surface area contributed by atoms with E-state index in [1.165, 1.54) is 0 Å². The van der Waals surface area contributed by atoms with Gasteiger partial charge in [0.05, 0.1) is 4.90 Å². The van der Waals surface area contributed by atoms with Crippen LogP contribution in [0.5, 0.6) is 0 Å². The Morgan fingerprint density at radius 3 is 3.00 bits per heavy atom. The van der Waals surface area contributed by atoms with Crippen molar-refractivity contribution in [3.63, 3.8) is 0 Å². The summed E-state index contributed by atoms with van der Waals surface area (Å²) in [6, 6.07) is 5.42. The minimum absolute atomic E-state index is 0.493. The smallest absolute Gasteiger partial charge is 0.186 e. The Bertz CT molecular complexity index is 365. The van der Waals surface area contributed by atoms with E-state index in [0.29, 0.717) is 4.90 Å². The highest BCUT2D eigenvalue weighted by atomic mass is 32.2. The van der Waals surface area contributed by atoms with E-state index in [9.17, 15) is 4.21 Å². The number of rotatable bonds is 1. The first-order chi connectivity index (χ1) is 6.77. The van der Waals surface area contributed by atoms with Gasteiger partial charge in [-0.05, 0) is 43.0 Å². The molecule has 2 rings (SSSR count). The average Bonchev–Trinajstić information content (AvgIpc) is 2.41. The number of hydrogen-bond acceptors (Lipinski definition) is 2. The van der Waals surface area contributed by atoms with E-state index in [1.807, 2.05) is 12.1 Å². The zero-order chi connectivity index (χ0) is 9.97. The number of fused-ring (bicyclic) bond motifs is 1. The fourth-order valence-corrected chi connectivity index (χ4v) is 2.15. The standard InChI is InChI=1S/C10H13NO2S/c12-14(13)9-4-5-10-8(7-9)3-1-2-6-11-10/h4-5,7,11H,1-3,6H2,(H,12,13). The van der Waals surface area contributed by atoms with Crippen LogP contribution in [0.1, 0.15) is 18.4 Å². The molecule has 1 aliphatic rings. The van der Waals surface area contributed by atoms with E-state index < -0.39 is 11.1 Å². The van der Waals surface area contributed by atoms with Gasteiger partial charge in [-0.25, -0.2) is 4.21 Å². The Morgan fingerprint density at radius 2 is 2.21 bits per heavy atom. The fourth-order valence-electron chi connectivity index (χ4n) is 1.72. The highest BCUT2D eigenvalue weighted by molar-refractivity contribution is 7.79. The van der Waals surface area contributed by atoms with E-state index in [-0.39, 0.29) is 0 Å². The van der Waals surface area contributed by atoms with Crippen LogP contribution >= 0.6 is 0 Å². The van der Waals surface area contributed by atoms with E-state index in [0.717, 1.165) is 37.1 Å². The quantitative estimate of drug-likeness (QED) is 0.699. The number of nitrogens with one attached hydrogen (secondary N) is 1. The molecule has 1 aromatic rings. The Kier molecular flexibility index (Phi) is 2.84. The lowest BCUT2D eigenvalue weighted by atomic mass is 10.1. The van der Waals surface area contributed by atoms with Crippen LogP contribution < -0.4 is 5.32 Å². The molecule has 0 amide bonds. The van der Waals surface area contributed by atoms with Crippen LogP contribution in [0.25, 0.3) is 0 Å². The average molecular weight is 211 g/mol. The first kappa shape index (κ1) is 9.68. The van der Waals surface area contributed by atoms with Gasteiger partial charge in [-0.3, -0.25) is 0 Å². The third-order valence-corrected chi connectivity index (χ3v) is 3.12. The van der Waals surface area contributed by atoms with E-state index >= 15 is 0 Å². The van der Waals surface area contributed by atoms with E-state index in [1.54, 1.807) is 6.07 Å².